The average molecular weight is 435 g/mol. The molecule has 33 heavy (non-hydrogen) atoms. The lowest BCUT2D eigenvalue weighted by molar-refractivity contribution is 0.374. The van der Waals surface area contributed by atoms with E-state index in [9.17, 15) is 0 Å². The number of rotatable bonds is 6. The van der Waals surface area contributed by atoms with Gasteiger partial charge >= 0.3 is 0 Å². The molecule has 1 aliphatic carbocycles. The minimum atomic E-state index is -0.440. The van der Waals surface area contributed by atoms with Crippen LogP contribution in [0.2, 0.25) is 0 Å². The second-order valence-corrected chi connectivity index (χ2v) is 8.05. The van der Waals surface area contributed by atoms with Crippen LogP contribution in [0.4, 0.5) is 0 Å². The molecule has 0 spiro atoms. The van der Waals surface area contributed by atoms with Crippen molar-refractivity contribution in [3.63, 3.8) is 0 Å². The molecule has 0 saturated heterocycles. The van der Waals surface area contributed by atoms with Gasteiger partial charge in [0.1, 0.15) is 17.2 Å². The van der Waals surface area contributed by atoms with Gasteiger partial charge in [-0.05, 0) is 27.8 Å². The van der Waals surface area contributed by atoms with Crippen molar-refractivity contribution < 1.29 is 14.2 Å². The maximum absolute atomic E-state index is 5.84. The van der Waals surface area contributed by atoms with Crippen molar-refractivity contribution in [3.05, 3.63) is 131 Å². The highest BCUT2D eigenvalue weighted by atomic mass is 16.5. The number of allylic oxidation sites excluding steroid dienone is 1. The SMILES string of the molecule is COc1cc(OC)c(C2=CC(c3ccccc3)(c3ccccc3)c3ccccc32)c(OC)c1. The Kier molecular flexibility index (Phi) is 5.39. The summed E-state index contributed by atoms with van der Waals surface area (Å²) in [5.74, 6) is 2.12. The number of fused-ring (bicyclic) bond motifs is 1. The van der Waals surface area contributed by atoms with E-state index in [0.29, 0.717) is 17.2 Å². The van der Waals surface area contributed by atoms with Crippen LogP contribution in [0.1, 0.15) is 27.8 Å². The molecule has 4 aromatic rings. The van der Waals surface area contributed by atoms with Crippen LogP contribution in [0, 0.1) is 0 Å². The van der Waals surface area contributed by atoms with Crippen molar-refractivity contribution in [1.82, 2.24) is 0 Å². The molecule has 3 heteroatoms. The molecule has 164 valence electrons. The zero-order chi connectivity index (χ0) is 22.8. The Labute approximate surface area is 194 Å². The molecule has 0 bridgehead atoms. The van der Waals surface area contributed by atoms with Gasteiger partial charge in [-0.15, -0.1) is 0 Å². The predicted octanol–water partition coefficient (Wildman–Crippen LogP) is 6.49. The van der Waals surface area contributed by atoms with Gasteiger partial charge in [-0.3, -0.25) is 0 Å². The molecule has 0 fully saturated rings. The number of benzene rings is 4. The Morgan fingerprint density at radius 2 is 1.09 bits per heavy atom. The van der Waals surface area contributed by atoms with E-state index in [1.807, 2.05) is 12.1 Å². The zero-order valence-electron chi connectivity index (χ0n) is 19.0. The molecule has 0 aliphatic heterocycles. The summed E-state index contributed by atoms with van der Waals surface area (Å²) in [7, 11) is 5.01. The first-order chi connectivity index (χ1) is 16.2. The molecular weight excluding hydrogens is 408 g/mol. The Morgan fingerprint density at radius 1 is 0.576 bits per heavy atom. The second-order valence-electron chi connectivity index (χ2n) is 8.05. The first-order valence-corrected chi connectivity index (χ1v) is 11.0. The quantitative estimate of drug-likeness (QED) is 0.347. The van der Waals surface area contributed by atoms with Gasteiger partial charge in [-0.25, -0.2) is 0 Å². The minimum Gasteiger partial charge on any atom is -0.496 e. The lowest BCUT2D eigenvalue weighted by atomic mass is 9.71. The first kappa shape index (κ1) is 20.9. The van der Waals surface area contributed by atoms with Crippen molar-refractivity contribution in [2.45, 2.75) is 5.41 Å². The lowest BCUT2D eigenvalue weighted by Gasteiger charge is -2.30. The highest BCUT2D eigenvalue weighted by Gasteiger charge is 2.42. The molecule has 5 rings (SSSR count). The van der Waals surface area contributed by atoms with E-state index < -0.39 is 5.41 Å². The van der Waals surface area contributed by atoms with E-state index in [1.54, 1.807) is 21.3 Å². The Hall–Kier alpha value is -3.98. The molecule has 0 heterocycles. The normalized spacial score (nSPS) is 13.7. The number of hydrogen-bond donors (Lipinski definition) is 0. The summed E-state index contributed by atoms with van der Waals surface area (Å²) in [6, 6.07) is 33.7. The lowest BCUT2D eigenvalue weighted by Crippen LogP contribution is -2.25. The summed E-state index contributed by atoms with van der Waals surface area (Å²) in [6.07, 6.45) is 2.36. The summed E-state index contributed by atoms with van der Waals surface area (Å²) in [6.45, 7) is 0. The first-order valence-electron chi connectivity index (χ1n) is 11.0. The van der Waals surface area contributed by atoms with Crippen molar-refractivity contribution in [2.75, 3.05) is 21.3 Å². The van der Waals surface area contributed by atoms with Gasteiger partial charge in [-0.1, -0.05) is 91.0 Å². The molecule has 0 saturated carbocycles. The molecule has 1 aliphatic rings. The molecule has 0 unspecified atom stereocenters. The maximum Gasteiger partial charge on any atom is 0.134 e. The summed E-state index contributed by atoms with van der Waals surface area (Å²) in [5.41, 5.74) is 6.38. The summed E-state index contributed by atoms with van der Waals surface area (Å²) >= 11 is 0. The molecule has 0 atom stereocenters. The third-order valence-electron chi connectivity index (χ3n) is 6.45. The average Bonchev–Trinajstić information content (AvgIpc) is 3.24. The standard InChI is InChI=1S/C30H26O3/c1-31-23-18-27(32-2)29(28(19-23)33-3)25-20-30(21-12-6-4-7-13-21,22-14-8-5-9-15-22)26-17-11-10-16-24(25)26/h4-20H,1-3H3. The van der Waals surface area contributed by atoms with Crippen molar-refractivity contribution in [1.29, 1.82) is 0 Å². The Morgan fingerprint density at radius 3 is 1.61 bits per heavy atom. The van der Waals surface area contributed by atoms with E-state index in [1.165, 1.54) is 16.7 Å². The van der Waals surface area contributed by atoms with E-state index >= 15 is 0 Å². The van der Waals surface area contributed by atoms with Gasteiger partial charge in [0.15, 0.2) is 0 Å². The van der Waals surface area contributed by atoms with E-state index in [0.717, 1.165) is 16.7 Å². The van der Waals surface area contributed by atoms with E-state index in [2.05, 4.69) is 91.0 Å². The summed E-state index contributed by atoms with van der Waals surface area (Å²) in [5, 5.41) is 0. The fourth-order valence-corrected chi connectivity index (χ4v) is 4.96. The minimum absolute atomic E-state index is 0.440. The third-order valence-corrected chi connectivity index (χ3v) is 6.45. The van der Waals surface area contributed by atoms with Gasteiger partial charge < -0.3 is 14.2 Å². The van der Waals surface area contributed by atoms with Gasteiger partial charge in [0, 0.05) is 12.1 Å². The number of methoxy groups -OCH3 is 3. The maximum atomic E-state index is 5.84. The highest BCUT2D eigenvalue weighted by molar-refractivity contribution is 5.94. The van der Waals surface area contributed by atoms with Gasteiger partial charge in [0.2, 0.25) is 0 Å². The second kappa shape index (κ2) is 8.51. The number of ether oxygens (including phenoxy) is 3. The molecule has 0 amide bonds. The molecular formula is C30H26O3. The third kappa shape index (κ3) is 3.28. The smallest absolute Gasteiger partial charge is 0.134 e. The van der Waals surface area contributed by atoms with Gasteiger partial charge in [0.05, 0.1) is 32.3 Å². The van der Waals surface area contributed by atoms with Crippen LogP contribution < -0.4 is 14.2 Å². The van der Waals surface area contributed by atoms with Crippen LogP contribution in [-0.2, 0) is 5.41 Å². The van der Waals surface area contributed by atoms with Crippen LogP contribution >= 0.6 is 0 Å². The highest BCUT2D eigenvalue weighted by Crippen LogP contribution is 2.54. The fourth-order valence-electron chi connectivity index (χ4n) is 4.96. The van der Waals surface area contributed by atoms with E-state index in [-0.39, 0.29) is 0 Å². The van der Waals surface area contributed by atoms with E-state index in [4.69, 9.17) is 14.2 Å². The molecule has 3 nitrogen and oxygen atoms in total. The van der Waals surface area contributed by atoms with Crippen molar-refractivity contribution in [3.8, 4) is 17.2 Å². The van der Waals surface area contributed by atoms with Crippen molar-refractivity contribution in [2.24, 2.45) is 0 Å². The zero-order valence-corrected chi connectivity index (χ0v) is 19.0. The largest absolute Gasteiger partial charge is 0.496 e. The topological polar surface area (TPSA) is 27.7 Å². The van der Waals surface area contributed by atoms with Crippen LogP contribution in [-0.4, -0.2) is 21.3 Å². The van der Waals surface area contributed by atoms with Gasteiger partial charge in [0.25, 0.3) is 0 Å². The predicted molar refractivity (Wildman–Crippen MR) is 132 cm³/mol. The number of hydrogen-bond acceptors (Lipinski definition) is 3. The van der Waals surface area contributed by atoms with Crippen LogP contribution in [0.25, 0.3) is 5.57 Å². The Bertz CT molecular complexity index is 1240. The van der Waals surface area contributed by atoms with Crippen LogP contribution in [0.3, 0.4) is 0 Å². The fraction of sp³-hybridized carbons (Fsp3) is 0.133. The monoisotopic (exact) mass is 434 g/mol. The summed E-state index contributed by atoms with van der Waals surface area (Å²) < 4.78 is 17.2. The van der Waals surface area contributed by atoms with Crippen LogP contribution in [0.15, 0.2) is 103 Å². The molecule has 0 radical (unpaired) electrons. The van der Waals surface area contributed by atoms with Crippen molar-refractivity contribution >= 4 is 5.57 Å². The summed E-state index contributed by atoms with van der Waals surface area (Å²) in [4.78, 5) is 0. The Balaban J connectivity index is 1.88. The molecule has 0 aromatic heterocycles. The molecule has 4 aromatic carbocycles. The van der Waals surface area contributed by atoms with Crippen LogP contribution in [0.5, 0.6) is 17.2 Å². The molecule has 0 N–H and O–H groups in total. The van der Waals surface area contributed by atoms with Gasteiger partial charge in [-0.2, -0.15) is 0 Å².